The Morgan fingerprint density at radius 1 is 1.14 bits per heavy atom. The van der Waals surface area contributed by atoms with E-state index in [9.17, 15) is 0 Å². The number of hydrogen-bond acceptors (Lipinski definition) is 7. The fourth-order valence-electron chi connectivity index (χ4n) is 3.33. The van der Waals surface area contributed by atoms with Gasteiger partial charge in [-0.1, -0.05) is 5.21 Å². The number of ether oxygens (including phenoxy) is 1. The lowest BCUT2D eigenvalue weighted by molar-refractivity contribution is 0.177. The molecule has 0 radical (unpaired) electrons. The van der Waals surface area contributed by atoms with Crippen molar-refractivity contribution in [3.8, 4) is 17.0 Å². The van der Waals surface area contributed by atoms with Crippen LogP contribution in [0.1, 0.15) is 18.4 Å². The van der Waals surface area contributed by atoms with Crippen molar-refractivity contribution in [2.75, 3.05) is 20.6 Å². The van der Waals surface area contributed by atoms with Gasteiger partial charge in [-0.05, 0) is 64.3 Å². The van der Waals surface area contributed by atoms with Crippen molar-refractivity contribution < 1.29 is 4.74 Å². The number of nitrogens with zero attached hydrogens (tertiary/aromatic N) is 7. The zero-order valence-electron chi connectivity index (χ0n) is 17.0. The minimum Gasteiger partial charge on any atom is -0.489 e. The maximum Gasteiger partial charge on any atom is 0.196 e. The largest absolute Gasteiger partial charge is 0.489 e. The van der Waals surface area contributed by atoms with Crippen LogP contribution in [0, 0.1) is 6.92 Å². The van der Waals surface area contributed by atoms with Crippen LogP contribution in [0.25, 0.3) is 22.3 Å². The highest BCUT2D eigenvalue weighted by atomic mass is 16.5. The van der Waals surface area contributed by atoms with Crippen LogP contribution in [0.5, 0.6) is 5.75 Å². The van der Waals surface area contributed by atoms with E-state index in [0.29, 0.717) is 12.4 Å². The fraction of sp³-hybridized carbons (Fsp3) is 0.350. The molecule has 3 heterocycles. The molecule has 0 bridgehead atoms. The van der Waals surface area contributed by atoms with Crippen LogP contribution in [-0.4, -0.2) is 67.0 Å². The molecule has 29 heavy (non-hydrogen) atoms. The Kier molecular flexibility index (Phi) is 5.22. The zero-order valence-corrected chi connectivity index (χ0v) is 17.0. The molecule has 0 unspecified atom stereocenters. The summed E-state index contributed by atoms with van der Waals surface area (Å²) < 4.78 is 7.80. The second-order valence-corrected chi connectivity index (χ2v) is 7.37. The van der Waals surface area contributed by atoms with Gasteiger partial charge in [0.2, 0.25) is 0 Å². The molecule has 0 aliphatic carbocycles. The summed E-state index contributed by atoms with van der Waals surface area (Å²) in [6, 6.07) is 12.1. The van der Waals surface area contributed by atoms with Crippen LogP contribution in [0.2, 0.25) is 0 Å². The number of fused-ring (bicyclic) bond motifs is 1. The molecule has 1 N–H and O–H groups in total. The number of rotatable bonds is 7. The Morgan fingerprint density at radius 3 is 2.62 bits per heavy atom. The van der Waals surface area contributed by atoms with Crippen molar-refractivity contribution in [1.82, 2.24) is 40.3 Å². The first-order valence-corrected chi connectivity index (χ1v) is 9.48. The summed E-state index contributed by atoms with van der Waals surface area (Å²) in [6.45, 7) is 5.28. The molecule has 9 nitrogen and oxygen atoms in total. The topological polar surface area (TPSA) is 97.6 Å². The summed E-state index contributed by atoms with van der Waals surface area (Å²) in [5.41, 5.74) is 3.59. The van der Waals surface area contributed by atoms with E-state index < -0.39 is 0 Å². The Labute approximate surface area is 168 Å². The summed E-state index contributed by atoms with van der Waals surface area (Å²) in [6.07, 6.45) is 0.109. The van der Waals surface area contributed by atoms with Crippen LogP contribution in [0.3, 0.4) is 0 Å². The normalized spacial score (nSPS) is 12.6. The molecule has 0 fully saturated rings. The predicted octanol–water partition coefficient (Wildman–Crippen LogP) is 2.30. The Bertz CT molecular complexity index is 1090. The molecule has 1 aromatic carbocycles. The molecule has 0 aliphatic heterocycles. The van der Waals surface area contributed by atoms with Gasteiger partial charge in [-0.2, -0.15) is 10.3 Å². The number of tetrazole rings is 1. The molecular formula is C20H24N8O. The van der Waals surface area contributed by atoms with Crippen molar-refractivity contribution in [3.05, 3.63) is 47.9 Å². The number of pyridine rings is 1. The third-order valence-electron chi connectivity index (χ3n) is 4.50. The van der Waals surface area contributed by atoms with Gasteiger partial charge in [0.05, 0.1) is 0 Å². The summed E-state index contributed by atoms with van der Waals surface area (Å²) in [7, 11) is 4.07. The zero-order chi connectivity index (χ0) is 20.4. The molecule has 0 spiro atoms. The average molecular weight is 392 g/mol. The lowest BCUT2D eigenvalue weighted by Gasteiger charge is -2.18. The van der Waals surface area contributed by atoms with E-state index in [-0.39, 0.29) is 6.10 Å². The van der Waals surface area contributed by atoms with Crippen LogP contribution < -0.4 is 4.74 Å². The number of H-pyrrole nitrogens is 1. The third kappa shape index (κ3) is 4.24. The molecule has 4 rings (SSSR count). The predicted molar refractivity (Wildman–Crippen MR) is 110 cm³/mol. The molecule has 0 aliphatic rings. The highest BCUT2D eigenvalue weighted by Gasteiger charge is 2.16. The van der Waals surface area contributed by atoms with Crippen molar-refractivity contribution in [1.29, 1.82) is 0 Å². The summed E-state index contributed by atoms with van der Waals surface area (Å²) in [5.74, 6) is 1.40. The molecular weight excluding hydrogens is 368 g/mol. The minimum atomic E-state index is 0.109. The van der Waals surface area contributed by atoms with Gasteiger partial charge in [-0.3, -0.25) is 0 Å². The SMILES string of the molecule is Cc1ccc2c(-c3ccc(O[C@@H](C)CN(C)C)cc3)nn(Cc3nn[nH]n3)c2n1. The van der Waals surface area contributed by atoms with Crippen LogP contribution >= 0.6 is 0 Å². The van der Waals surface area contributed by atoms with Gasteiger partial charge in [0.1, 0.15) is 24.1 Å². The van der Waals surface area contributed by atoms with Gasteiger partial charge >= 0.3 is 0 Å². The van der Waals surface area contributed by atoms with E-state index in [0.717, 1.165) is 40.3 Å². The number of benzene rings is 1. The summed E-state index contributed by atoms with van der Waals surface area (Å²) >= 11 is 0. The van der Waals surface area contributed by atoms with Crippen molar-refractivity contribution in [2.45, 2.75) is 26.5 Å². The monoisotopic (exact) mass is 392 g/mol. The van der Waals surface area contributed by atoms with E-state index in [2.05, 4.69) is 43.5 Å². The smallest absolute Gasteiger partial charge is 0.196 e. The number of likely N-dealkylation sites (N-methyl/N-ethyl adjacent to an activating group) is 1. The van der Waals surface area contributed by atoms with E-state index in [4.69, 9.17) is 9.84 Å². The van der Waals surface area contributed by atoms with E-state index in [1.165, 1.54) is 0 Å². The molecule has 1 atom stereocenters. The second kappa shape index (κ2) is 7.96. The molecule has 9 heteroatoms. The summed E-state index contributed by atoms with van der Waals surface area (Å²) in [5, 5.41) is 19.9. The van der Waals surface area contributed by atoms with Gasteiger partial charge in [-0.25, -0.2) is 9.67 Å². The van der Waals surface area contributed by atoms with Crippen LogP contribution in [-0.2, 0) is 6.54 Å². The molecule has 4 aromatic rings. The van der Waals surface area contributed by atoms with Crippen molar-refractivity contribution in [3.63, 3.8) is 0 Å². The van der Waals surface area contributed by atoms with Crippen molar-refractivity contribution in [2.24, 2.45) is 0 Å². The molecule has 3 aromatic heterocycles. The maximum atomic E-state index is 5.99. The van der Waals surface area contributed by atoms with E-state index in [1.54, 1.807) is 0 Å². The molecule has 150 valence electrons. The highest BCUT2D eigenvalue weighted by Crippen LogP contribution is 2.29. The van der Waals surface area contributed by atoms with Crippen LogP contribution in [0.4, 0.5) is 0 Å². The molecule has 0 saturated carbocycles. The lowest BCUT2D eigenvalue weighted by atomic mass is 10.1. The first-order chi connectivity index (χ1) is 14.0. The quantitative estimate of drug-likeness (QED) is 0.515. The average Bonchev–Trinajstić information content (AvgIpc) is 3.30. The fourth-order valence-corrected chi connectivity index (χ4v) is 3.33. The second-order valence-electron chi connectivity index (χ2n) is 7.37. The Morgan fingerprint density at radius 2 is 1.93 bits per heavy atom. The Balaban J connectivity index is 1.65. The number of nitrogens with one attached hydrogen (secondary N) is 1. The van der Waals surface area contributed by atoms with Gasteiger partial charge in [-0.15, -0.1) is 10.2 Å². The van der Waals surface area contributed by atoms with Gasteiger partial charge in [0, 0.05) is 23.2 Å². The standard InChI is InChI=1S/C20H24N8O/c1-13-5-10-17-19(24-28(20(17)21-13)12-18-22-25-26-23-18)15-6-8-16(9-7-15)29-14(2)11-27(3)4/h5-10,14H,11-12H2,1-4H3,(H,22,23,25,26)/t14-/m0/s1. The number of aryl methyl sites for hydroxylation is 1. The maximum absolute atomic E-state index is 5.99. The molecule has 0 saturated heterocycles. The first-order valence-electron chi connectivity index (χ1n) is 9.48. The van der Waals surface area contributed by atoms with E-state index >= 15 is 0 Å². The van der Waals surface area contributed by atoms with Gasteiger partial charge in [0.15, 0.2) is 11.5 Å². The lowest BCUT2D eigenvalue weighted by Crippen LogP contribution is -2.27. The number of aromatic nitrogens is 7. The van der Waals surface area contributed by atoms with Crippen LogP contribution in [0.15, 0.2) is 36.4 Å². The number of aromatic amines is 1. The van der Waals surface area contributed by atoms with E-state index in [1.807, 2.05) is 56.0 Å². The number of hydrogen-bond donors (Lipinski definition) is 1. The third-order valence-corrected chi connectivity index (χ3v) is 4.50. The summed E-state index contributed by atoms with van der Waals surface area (Å²) in [4.78, 5) is 6.78. The highest BCUT2D eigenvalue weighted by molar-refractivity contribution is 5.91. The van der Waals surface area contributed by atoms with Gasteiger partial charge < -0.3 is 9.64 Å². The molecule has 0 amide bonds. The van der Waals surface area contributed by atoms with Gasteiger partial charge in [0.25, 0.3) is 0 Å². The first kappa shape index (κ1) is 19.0. The Hall–Kier alpha value is -3.33. The minimum absolute atomic E-state index is 0.109. The van der Waals surface area contributed by atoms with Crippen molar-refractivity contribution >= 4 is 11.0 Å².